The van der Waals surface area contributed by atoms with E-state index >= 15 is 0 Å². The van der Waals surface area contributed by atoms with Crippen LogP contribution in [0.1, 0.15) is 35.1 Å². The summed E-state index contributed by atoms with van der Waals surface area (Å²) in [5.74, 6) is -0.253. The van der Waals surface area contributed by atoms with Gasteiger partial charge in [0.15, 0.2) is 5.15 Å². The number of H-pyrrole nitrogens is 1. The zero-order valence-electron chi connectivity index (χ0n) is 18.3. The van der Waals surface area contributed by atoms with E-state index in [1.54, 1.807) is 13.1 Å². The maximum Gasteiger partial charge on any atom is 0.270 e. The molecule has 1 saturated heterocycles. The Morgan fingerprint density at radius 1 is 1.16 bits per heavy atom. The third kappa shape index (κ3) is 4.76. The van der Waals surface area contributed by atoms with Crippen molar-refractivity contribution in [2.75, 3.05) is 38.1 Å². The molecule has 9 heteroatoms. The lowest BCUT2D eigenvalue weighted by atomic mass is 10.1. The summed E-state index contributed by atoms with van der Waals surface area (Å²) in [6.45, 7) is 6.20. The monoisotopic (exact) mass is 454 g/mol. The average molecular weight is 455 g/mol. The molecule has 1 fully saturated rings. The number of fused-ring (bicyclic) bond motifs is 1. The summed E-state index contributed by atoms with van der Waals surface area (Å²) in [5, 5.41) is 2.90. The van der Waals surface area contributed by atoms with E-state index in [9.17, 15) is 9.59 Å². The molecule has 0 unspecified atom stereocenters. The lowest BCUT2D eigenvalue weighted by Gasteiger charge is -2.36. The molecule has 0 atom stereocenters. The lowest BCUT2D eigenvalue weighted by Crippen LogP contribution is -2.46. The van der Waals surface area contributed by atoms with Gasteiger partial charge in [0.1, 0.15) is 11.4 Å². The summed E-state index contributed by atoms with van der Waals surface area (Å²) in [4.78, 5) is 40.2. The Labute approximate surface area is 191 Å². The SMILES string of the molecule is CCCc1nc2ccc(CN3CCN(c4ccc(C(=O)NC)nc4Cl)CC3)cc2[nH]c1=O. The highest BCUT2D eigenvalue weighted by Gasteiger charge is 2.20. The number of aryl methyl sites for hydroxylation is 1. The Morgan fingerprint density at radius 2 is 1.94 bits per heavy atom. The molecule has 168 valence electrons. The summed E-state index contributed by atoms with van der Waals surface area (Å²) < 4.78 is 0. The highest BCUT2D eigenvalue weighted by molar-refractivity contribution is 6.32. The number of nitrogens with one attached hydrogen (secondary N) is 2. The second-order valence-electron chi connectivity index (χ2n) is 7.96. The summed E-state index contributed by atoms with van der Waals surface area (Å²) in [6, 6.07) is 9.63. The van der Waals surface area contributed by atoms with Gasteiger partial charge in [-0.15, -0.1) is 0 Å². The minimum absolute atomic E-state index is 0.0990. The molecule has 1 amide bonds. The standard InChI is InChI=1S/C23H27ClN6O2/c1-3-4-17-23(32)28-19-13-15(5-6-16(19)26-17)14-29-9-11-30(12-10-29)20-8-7-18(22(31)25-2)27-21(20)24/h5-8,13H,3-4,9-12,14H2,1-2H3,(H,25,31)(H,28,32). The van der Waals surface area contributed by atoms with Gasteiger partial charge in [0.2, 0.25) is 0 Å². The smallest absolute Gasteiger partial charge is 0.270 e. The molecule has 3 aromatic rings. The van der Waals surface area contributed by atoms with E-state index in [0.29, 0.717) is 23.0 Å². The molecular weight excluding hydrogens is 428 g/mol. The summed E-state index contributed by atoms with van der Waals surface area (Å²) in [6.07, 6.45) is 1.58. The number of piperazine rings is 1. The highest BCUT2D eigenvalue weighted by atomic mass is 35.5. The quantitative estimate of drug-likeness (QED) is 0.556. The third-order valence-electron chi connectivity index (χ3n) is 5.72. The first kappa shape index (κ1) is 22.2. The van der Waals surface area contributed by atoms with Crippen LogP contribution in [0.25, 0.3) is 11.0 Å². The van der Waals surface area contributed by atoms with Gasteiger partial charge in [0.05, 0.1) is 16.7 Å². The number of aromatic amines is 1. The summed E-state index contributed by atoms with van der Waals surface area (Å²) >= 11 is 6.35. The Kier molecular flexibility index (Phi) is 6.72. The molecule has 1 aliphatic heterocycles. The molecule has 2 N–H and O–H groups in total. The second kappa shape index (κ2) is 9.67. The number of carbonyl (C=O) groups is 1. The van der Waals surface area contributed by atoms with Crippen LogP contribution in [-0.4, -0.2) is 59.0 Å². The Bertz CT molecular complexity index is 1190. The predicted octanol–water partition coefficient (Wildman–Crippen LogP) is 2.61. The highest BCUT2D eigenvalue weighted by Crippen LogP contribution is 2.25. The molecule has 0 spiro atoms. The van der Waals surface area contributed by atoms with Crippen molar-refractivity contribution in [1.82, 2.24) is 25.2 Å². The molecule has 1 aromatic carbocycles. The van der Waals surface area contributed by atoms with E-state index in [0.717, 1.165) is 61.4 Å². The predicted molar refractivity (Wildman–Crippen MR) is 126 cm³/mol. The number of benzene rings is 1. The van der Waals surface area contributed by atoms with Crippen LogP contribution >= 0.6 is 11.6 Å². The fraction of sp³-hybridized carbons (Fsp3) is 0.391. The number of pyridine rings is 1. The first-order chi connectivity index (χ1) is 15.5. The fourth-order valence-corrected chi connectivity index (χ4v) is 4.27. The molecule has 32 heavy (non-hydrogen) atoms. The zero-order valence-corrected chi connectivity index (χ0v) is 19.1. The molecule has 0 bridgehead atoms. The van der Waals surface area contributed by atoms with E-state index in [2.05, 4.69) is 36.1 Å². The Hall–Kier alpha value is -2.97. The van der Waals surface area contributed by atoms with E-state index in [-0.39, 0.29) is 11.5 Å². The first-order valence-electron chi connectivity index (χ1n) is 10.9. The number of hydrogen-bond acceptors (Lipinski definition) is 6. The number of aromatic nitrogens is 3. The normalized spacial score (nSPS) is 14.7. The average Bonchev–Trinajstić information content (AvgIpc) is 2.80. The van der Waals surface area contributed by atoms with Gasteiger partial charge < -0.3 is 15.2 Å². The van der Waals surface area contributed by atoms with Gasteiger partial charge in [-0.3, -0.25) is 14.5 Å². The number of rotatable bonds is 6. The van der Waals surface area contributed by atoms with Gasteiger partial charge in [-0.2, -0.15) is 0 Å². The molecule has 2 aromatic heterocycles. The number of amides is 1. The van der Waals surface area contributed by atoms with Gasteiger partial charge in [0, 0.05) is 39.8 Å². The molecule has 0 radical (unpaired) electrons. The third-order valence-corrected chi connectivity index (χ3v) is 6.00. The van der Waals surface area contributed by atoms with Crippen LogP contribution in [0.15, 0.2) is 35.1 Å². The van der Waals surface area contributed by atoms with Crippen molar-refractivity contribution in [2.24, 2.45) is 0 Å². The fourth-order valence-electron chi connectivity index (χ4n) is 4.00. The molecule has 1 aliphatic rings. The van der Waals surface area contributed by atoms with Gasteiger partial charge in [-0.05, 0) is 36.2 Å². The Morgan fingerprint density at radius 3 is 2.62 bits per heavy atom. The molecule has 0 aliphatic carbocycles. The lowest BCUT2D eigenvalue weighted by molar-refractivity contribution is 0.0958. The molecule has 0 saturated carbocycles. The second-order valence-corrected chi connectivity index (χ2v) is 8.32. The minimum Gasteiger partial charge on any atom is -0.366 e. The van der Waals surface area contributed by atoms with E-state index in [4.69, 9.17) is 11.6 Å². The van der Waals surface area contributed by atoms with Crippen LogP contribution in [0, 0.1) is 0 Å². The zero-order chi connectivity index (χ0) is 22.7. The van der Waals surface area contributed by atoms with Crippen LogP contribution in [0.2, 0.25) is 5.15 Å². The number of nitrogens with zero attached hydrogens (tertiary/aromatic N) is 4. The van der Waals surface area contributed by atoms with Gasteiger partial charge in [-0.1, -0.05) is 31.0 Å². The topological polar surface area (TPSA) is 94.2 Å². The molecular formula is C23H27ClN6O2. The van der Waals surface area contributed by atoms with E-state index < -0.39 is 0 Å². The van der Waals surface area contributed by atoms with Crippen LogP contribution < -0.4 is 15.8 Å². The number of anilines is 1. The largest absolute Gasteiger partial charge is 0.366 e. The molecule has 4 rings (SSSR count). The van der Waals surface area contributed by atoms with Crippen molar-refractivity contribution in [3.05, 3.63) is 62.8 Å². The van der Waals surface area contributed by atoms with Crippen molar-refractivity contribution < 1.29 is 4.79 Å². The Balaban J connectivity index is 1.41. The van der Waals surface area contributed by atoms with Crippen molar-refractivity contribution in [2.45, 2.75) is 26.3 Å². The number of hydrogen-bond donors (Lipinski definition) is 2. The van der Waals surface area contributed by atoms with E-state index in [1.165, 1.54) is 0 Å². The summed E-state index contributed by atoms with van der Waals surface area (Å²) in [7, 11) is 1.57. The maximum absolute atomic E-state index is 12.2. The van der Waals surface area contributed by atoms with Gasteiger partial charge >= 0.3 is 0 Å². The van der Waals surface area contributed by atoms with Crippen LogP contribution in [-0.2, 0) is 13.0 Å². The van der Waals surface area contributed by atoms with Crippen LogP contribution in [0.4, 0.5) is 5.69 Å². The first-order valence-corrected chi connectivity index (χ1v) is 11.2. The van der Waals surface area contributed by atoms with E-state index in [1.807, 2.05) is 25.1 Å². The maximum atomic E-state index is 12.2. The van der Waals surface area contributed by atoms with Crippen LogP contribution in [0.5, 0.6) is 0 Å². The van der Waals surface area contributed by atoms with Crippen LogP contribution in [0.3, 0.4) is 0 Å². The number of carbonyl (C=O) groups excluding carboxylic acids is 1. The van der Waals surface area contributed by atoms with Crippen molar-refractivity contribution in [3.63, 3.8) is 0 Å². The molecule has 8 nitrogen and oxygen atoms in total. The van der Waals surface area contributed by atoms with Gasteiger partial charge in [-0.25, -0.2) is 9.97 Å². The van der Waals surface area contributed by atoms with Crippen molar-refractivity contribution >= 4 is 34.2 Å². The number of halogens is 1. The minimum atomic E-state index is -0.253. The summed E-state index contributed by atoms with van der Waals surface area (Å²) in [5.41, 5.74) is 4.39. The van der Waals surface area contributed by atoms with Crippen molar-refractivity contribution in [3.8, 4) is 0 Å². The van der Waals surface area contributed by atoms with Crippen molar-refractivity contribution in [1.29, 1.82) is 0 Å². The van der Waals surface area contributed by atoms with Gasteiger partial charge in [0.25, 0.3) is 11.5 Å². The molecule has 3 heterocycles.